The van der Waals surface area contributed by atoms with Gasteiger partial charge < -0.3 is 14.8 Å². The number of hydrogen-bond acceptors (Lipinski definition) is 5. The van der Waals surface area contributed by atoms with Gasteiger partial charge in [0.15, 0.2) is 6.61 Å². The van der Waals surface area contributed by atoms with Gasteiger partial charge in [0, 0.05) is 29.8 Å². The topological polar surface area (TPSA) is 77.5 Å². The molecule has 3 aromatic rings. The van der Waals surface area contributed by atoms with Crippen LogP contribution < -0.4 is 10.1 Å². The van der Waals surface area contributed by atoms with Crippen LogP contribution in [0.2, 0.25) is 0 Å². The number of ether oxygens (including phenoxy) is 2. The number of aromatic nitrogens is 1. The van der Waals surface area contributed by atoms with E-state index in [0.717, 1.165) is 22.0 Å². The Balaban J connectivity index is 1.49. The van der Waals surface area contributed by atoms with E-state index in [1.54, 1.807) is 19.4 Å². The summed E-state index contributed by atoms with van der Waals surface area (Å²) in [5.41, 5.74) is 2.49. The van der Waals surface area contributed by atoms with Crippen LogP contribution in [0.3, 0.4) is 0 Å². The van der Waals surface area contributed by atoms with Crippen molar-refractivity contribution in [1.82, 2.24) is 10.3 Å². The van der Waals surface area contributed by atoms with Gasteiger partial charge in [-0.1, -0.05) is 36.4 Å². The van der Waals surface area contributed by atoms with Crippen LogP contribution in [0.4, 0.5) is 0 Å². The van der Waals surface area contributed by atoms with Crippen LogP contribution in [-0.4, -0.2) is 30.6 Å². The minimum atomic E-state index is -0.593. The molecule has 0 spiro atoms. The zero-order valence-corrected chi connectivity index (χ0v) is 15.4. The first-order valence-corrected chi connectivity index (χ1v) is 8.74. The summed E-state index contributed by atoms with van der Waals surface area (Å²) in [6.45, 7) is -0.0218. The second kappa shape index (κ2) is 9.32. The first kappa shape index (κ1) is 19.1. The lowest BCUT2D eigenvalue weighted by Crippen LogP contribution is -2.28. The van der Waals surface area contributed by atoms with Gasteiger partial charge in [0.1, 0.15) is 5.75 Å². The minimum Gasteiger partial charge on any atom is -0.497 e. The molecule has 0 unspecified atom stereocenters. The highest BCUT2D eigenvalue weighted by Crippen LogP contribution is 2.17. The Morgan fingerprint density at radius 1 is 1.11 bits per heavy atom. The van der Waals surface area contributed by atoms with E-state index >= 15 is 0 Å². The number of carbonyl (C=O) groups excluding carboxylic acids is 2. The third kappa shape index (κ3) is 5.17. The molecule has 0 aliphatic heterocycles. The summed E-state index contributed by atoms with van der Waals surface area (Å²) < 4.78 is 10.1. The van der Waals surface area contributed by atoms with E-state index in [2.05, 4.69) is 10.3 Å². The average Bonchev–Trinajstić information content (AvgIpc) is 2.74. The van der Waals surface area contributed by atoms with Crippen LogP contribution in [0.15, 0.2) is 66.9 Å². The highest BCUT2D eigenvalue weighted by Gasteiger charge is 2.06. The Morgan fingerprint density at radius 2 is 1.93 bits per heavy atom. The Kier molecular flexibility index (Phi) is 6.36. The third-order valence-corrected chi connectivity index (χ3v) is 4.03. The Hall–Kier alpha value is -3.67. The number of rotatable bonds is 7. The molecule has 0 aliphatic rings. The highest BCUT2D eigenvalue weighted by atomic mass is 16.5. The van der Waals surface area contributed by atoms with E-state index in [4.69, 9.17) is 9.47 Å². The summed E-state index contributed by atoms with van der Waals surface area (Å²) in [6.07, 6.45) is 4.62. The van der Waals surface area contributed by atoms with E-state index < -0.39 is 5.97 Å². The second-order valence-electron chi connectivity index (χ2n) is 5.99. The van der Waals surface area contributed by atoms with Crippen molar-refractivity contribution in [2.45, 2.75) is 6.54 Å². The fraction of sp³-hybridized carbons (Fsp3) is 0.136. The lowest BCUT2D eigenvalue weighted by Gasteiger charge is -2.07. The lowest BCUT2D eigenvalue weighted by atomic mass is 10.1. The second-order valence-corrected chi connectivity index (χ2v) is 5.99. The fourth-order valence-electron chi connectivity index (χ4n) is 2.64. The van der Waals surface area contributed by atoms with Crippen molar-refractivity contribution in [3.8, 4) is 5.75 Å². The van der Waals surface area contributed by atoms with Crippen molar-refractivity contribution in [3.05, 3.63) is 78.0 Å². The van der Waals surface area contributed by atoms with Crippen LogP contribution in [0.1, 0.15) is 11.1 Å². The van der Waals surface area contributed by atoms with Crippen molar-refractivity contribution in [3.63, 3.8) is 0 Å². The molecule has 0 aliphatic carbocycles. The maximum absolute atomic E-state index is 11.9. The standard InChI is InChI=1S/C22H20N2O4/c1-27-19-9-2-5-16(13-19)14-24-20(25)15-28-21(26)11-10-18-7-3-6-17-8-4-12-23-22(17)18/h2-13H,14-15H2,1H3,(H,24,25)/b11-10+. The van der Waals surface area contributed by atoms with Gasteiger partial charge in [0.05, 0.1) is 12.6 Å². The van der Waals surface area contributed by atoms with Gasteiger partial charge in [-0.25, -0.2) is 4.79 Å². The molecule has 1 amide bonds. The SMILES string of the molecule is COc1cccc(CNC(=O)COC(=O)/C=C/c2cccc3cccnc23)c1. The predicted octanol–water partition coefficient (Wildman–Crippen LogP) is 3.12. The van der Waals surface area contributed by atoms with E-state index in [-0.39, 0.29) is 12.5 Å². The quantitative estimate of drug-likeness (QED) is 0.506. The maximum atomic E-state index is 11.9. The Bertz CT molecular complexity index is 1010. The van der Waals surface area contributed by atoms with Gasteiger partial charge in [-0.05, 0) is 29.8 Å². The molecule has 0 bridgehead atoms. The molecule has 0 fully saturated rings. The van der Waals surface area contributed by atoms with Crippen LogP contribution in [0.5, 0.6) is 5.75 Å². The van der Waals surface area contributed by atoms with Crippen molar-refractivity contribution >= 4 is 28.9 Å². The van der Waals surface area contributed by atoms with E-state index in [1.165, 1.54) is 6.08 Å². The van der Waals surface area contributed by atoms with Crippen LogP contribution in [0.25, 0.3) is 17.0 Å². The number of para-hydroxylation sites is 1. The fourth-order valence-corrected chi connectivity index (χ4v) is 2.64. The number of amides is 1. The van der Waals surface area contributed by atoms with Gasteiger partial charge >= 0.3 is 5.97 Å². The summed E-state index contributed by atoms with van der Waals surface area (Å²) in [5.74, 6) is -0.257. The monoisotopic (exact) mass is 376 g/mol. The molecule has 0 radical (unpaired) electrons. The number of carbonyl (C=O) groups is 2. The predicted molar refractivity (Wildman–Crippen MR) is 107 cm³/mol. The number of nitrogens with one attached hydrogen (secondary N) is 1. The van der Waals surface area contributed by atoms with Gasteiger partial charge in [-0.3, -0.25) is 9.78 Å². The Morgan fingerprint density at radius 3 is 2.79 bits per heavy atom. The molecule has 0 saturated heterocycles. The number of fused-ring (bicyclic) bond motifs is 1. The molecule has 1 heterocycles. The third-order valence-electron chi connectivity index (χ3n) is 4.03. The molecule has 6 nitrogen and oxygen atoms in total. The molecular weight excluding hydrogens is 356 g/mol. The maximum Gasteiger partial charge on any atom is 0.331 e. The van der Waals surface area contributed by atoms with Gasteiger partial charge in [-0.15, -0.1) is 0 Å². The molecule has 2 aromatic carbocycles. The molecule has 6 heteroatoms. The van der Waals surface area contributed by atoms with Crippen molar-refractivity contribution < 1.29 is 19.1 Å². The normalized spacial score (nSPS) is 10.8. The molecular formula is C22H20N2O4. The smallest absolute Gasteiger partial charge is 0.331 e. The summed E-state index contributed by atoms with van der Waals surface area (Å²) in [7, 11) is 1.58. The molecule has 28 heavy (non-hydrogen) atoms. The lowest BCUT2D eigenvalue weighted by molar-refractivity contribution is -0.143. The number of methoxy groups -OCH3 is 1. The van der Waals surface area contributed by atoms with Crippen molar-refractivity contribution in [2.75, 3.05) is 13.7 Å². The molecule has 0 atom stereocenters. The van der Waals surface area contributed by atoms with E-state index in [1.807, 2.05) is 54.6 Å². The molecule has 0 saturated carbocycles. The number of benzene rings is 2. The summed E-state index contributed by atoms with van der Waals surface area (Å²) in [6, 6.07) is 16.9. The largest absolute Gasteiger partial charge is 0.497 e. The van der Waals surface area contributed by atoms with E-state index in [9.17, 15) is 9.59 Å². The van der Waals surface area contributed by atoms with Gasteiger partial charge in [0.2, 0.25) is 0 Å². The number of hydrogen-bond donors (Lipinski definition) is 1. The first-order chi connectivity index (χ1) is 13.7. The molecule has 142 valence electrons. The first-order valence-electron chi connectivity index (χ1n) is 8.74. The minimum absolute atomic E-state index is 0.325. The van der Waals surface area contributed by atoms with Gasteiger partial charge in [-0.2, -0.15) is 0 Å². The van der Waals surface area contributed by atoms with Crippen LogP contribution >= 0.6 is 0 Å². The molecule has 1 aromatic heterocycles. The number of esters is 1. The average molecular weight is 376 g/mol. The summed E-state index contributed by atoms with van der Waals surface area (Å²) in [5, 5.41) is 3.68. The zero-order chi connectivity index (χ0) is 19.8. The van der Waals surface area contributed by atoms with Crippen molar-refractivity contribution in [2.24, 2.45) is 0 Å². The zero-order valence-electron chi connectivity index (χ0n) is 15.4. The summed E-state index contributed by atoms with van der Waals surface area (Å²) >= 11 is 0. The molecule has 1 N–H and O–H groups in total. The number of pyridine rings is 1. The highest BCUT2D eigenvalue weighted by molar-refractivity contribution is 5.93. The summed E-state index contributed by atoms with van der Waals surface area (Å²) in [4.78, 5) is 28.1. The van der Waals surface area contributed by atoms with Gasteiger partial charge in [0.25, 0.3) is 5.91 Å². The van der Waals surface area contributed by atoms with E-state index in [0.29, 0.717) is 12.3 Å². The molecule has 3 rings (SSSR count). The Labute approximate surface area is 162 Å². The van der Waals surface area contributed by atoms with Crippen molar-refractivity contribution in [1.29, 1.82) is 0 Å². The number of nitrogens with zero attached hydrogens (tertiary/aromatic N) is 1. The van der Waals surface area contributed by atoms with Crippen LogP contribution in [0, 0.1) is 0 Å². The van der Waals surface area contributed by atoms with Crippen LogP contribution in [-0.2, 0) is 20.9 Å².